The molecule has 0 aliphatic rings. The standard InChI is InChI=1S/C27H27ClN2O4S/c1-2-24(27(31)32)34-21-7-5-6-18(16-21)17-29-23(14-15-33-20-12-10-19(28)11-13-20)26-30-22-8-3-4-9-25(22)35-26/h3-13,16,23-24,29H,2,14-15,17H2,1H3,(H,31,32). The number of fused-ring (bicyclic) bond motifs is 1. The summed E-state index contributed by atoms with van der Waals surface area (Å²) in [5.41, 5.74) is 1.97. The van der Waals surface area contributed by atoms with Crippen LogP contribution < -0.4 is 14.8 Å². The van der Waals surface area contributed by atoms with Crippen molar-refractivity contribution in [3.05, 3.63) is 88.4 Å². The fourth-order valence-corrected chi connectivity index (χ4v) is 4.82. The van der Waals surface area contributed by atoms with E-state index in [1.165, 1.54) is 0 Å². The summed E-state index contributed by atoms with van der Waals surface area (Å²) in [6.45, 7) is 2.87. The number of nitrogens with zero attached hydrogens (tertiary/aromatic N) is 1. The summed E-state index contributed by atoms with van der Waals surface area (Å²) in [4.78, 5) is 16.2. The molecule has 4 aromatic rings. The van der Waals surface area contributed by atoms with Crippen LogP contribution in [0.1, 0.15) is 36.4 Å². The monoisotopic (exact) mass is 510 g/mol. The predicted octanol–water partition coefficient (Wildman–Crippen LogP) is 6.49. The fraction of sp³-hybridized carbons (Fsp3) is 0.259. The Bertz CT molecular complexity index is 1230. The molecule has 0 amide bonds. The van der Waals surface area contributed by atoms with Crippen LogP contribution in [-0.4, -0.2) is 28.8 Å². The Morgan fingerprint density at radius 2 is 1.89 bits per heavy atom. The van der Waals surface area contributed by atoms with Gasteiger partial charge < -0.3 is 19.9 Å². The Balaban J connectivity index is 1.45. The van der Waals surface area contributed by atoms with Gasteiger partial charge in [0.15, 0.2) is 6.10 Å². The number of hydrogen-bond acceptors (Lipinski definition) is 6. The van der Waals surface area contributed by atoms with E-state index in [0.717, 1.165) is 33.0 Å². The molecule has 6 nitrogen and oxygen atoms in total. The summed E-state index contributed by atoms with van der Waals surface area (Å²) in [5, 5.41) is 14.6. The molecule has 0 aliphatic heterocycles. The van der Waals surface area contributed by atoms with Crippen LogP contribution >= 0.6 is 22.9 Å². The van der Waals surface area contributed by atoms with Gasteiger partial charge in [-0.3, -0.25) is 0 Å². The third-order valence-corrected chi connectivity index (χ3v) is 6.88. The molecule has 0 saturated heterocycles. The maximum Gasteiger partial charge on any atom is 0.344 e. The summed E-state index contributed by atoms with van der Waals surface area (Å²) in [7, 11) is 0. The lowest BCUT2D eigenvalue weighted by Gasteiger charge is -2.18. The van der Waals surface area contributed by atoms with E-state index in [1.807, 2.05) is 60.7 Å². The minimum absolute atomic E-state index is 0.0216. The highest BCUT2D eigenvalue weighted by Crippen LogP contribution is 2.29. The quantitative estimate of drug-likeness (QED) is 0.227. The van der Waals surface area contributed by atoms with Gasteiger partial charge in [-0.25, -0.2) is 9.78 Å². The van der Waals surface area contributed by atoms with Crippen molar-refractivity contribution < 1.29 is 19.4 Å². The lowest BCUT2D eigenvalue weighted by molar-refractivity contribution is -0.145. The summed E-state index contributed by atoms with van der Waals surface area (Å²) in [6.07, 6.45) is 0.249. The third-order valence-electron chi connectivity index (χ3n) is 5.47. The number of carboxylic acids is 1. The van der Waals surface area contributed by atoms with Crippen molar-refractivity contribution in [1.29, 1.82) is 0 Å². The van der Waals surface area contributed by atoms with E-state index < -0.39 is 12.1 Å². The average Bonchev–Trinajstić information content (AvgIpc) is 3.30. The van der Waals surface area contributed by atoms with Crippen molar-refractivity contribution in [2.45, 2.75) is 38.5 Å². The average molecular weight is 511 g/mol. The number of halogens is 1. The largest absolute Gasteiger partial charge is 0.494 e. The Labute approximate surface area is 213 Å². The smallest absolute Gasteiger partial charge is 0.344 e. The molecule has 35 heavy (non-hydrogen) atoms. The van der Waals surface area contributed by atoms with Gasteiger partial charge in [-0.15, -0.1) is 11.3 Å². The van der Waals surface area contributed by atoms with Crippen molar-refractivity contribution >= 4 is 39.1 Å². The molecule has 1 heterocycles. The van der Waals surface area contributed by atoms with Crippen LogP contribution in [0.2, 0.25) is 5.02 Å². The molecule has 182 valence electrons. The molecule has 0 spiro atoms. The van der Waals surface area contributed by atoms with Crippen molar-refractivity contribution in [3.63, 3.8) is 0 Å². The highest BCUT2D eigenvalue weighted by atomic mass is 35.5. The molecule has 0 fully saturated rings. The van der Waals surface area contributed by atoms with E-state index in [2.05, 4.69) is 11.4 Å². The van der Waals surface area contributed by atoms with Crippen LogP contribution in [-0.2, 0) is 11.3 Å². The number of carbonyl (C=O) groups is 1. The molecular formula is C27H27ClN2O4S. The molecule has 1 aromatic heterocycles. The lowest BCUT2D eigenvalue weighted by atomic mass is 10.1. The van der Waals surface area contributed by atoms with Gasteiger partial charge in [-0.1, -0.05) is 42.8 Å². The molecular weight excluding hydrogens is 484 g/mol. The molecule has 2 N–H and O–H groups in total. The number of rotatable bonds is 12. The number of thiazole rings is 1. The zero-order valence-corrected chi connectivity index (χ0v) is 20.9. The van der Waals surface area contributed by atoms with Crippen LogP contribution in [0.15, 0.2) is 72.8 Å². The second-order valence-corrected chi connectivity index (χ2v) is 9.54. The van der Waals surface area contributed by atoms with Crippen molar-refractivity contribution in [3.8, 4) is 11.5 Å². The van der Waals surface area contributed by atoms with Gasteiger partial charge >= 0.3 is 5.97 Å². The number of carboxylic acid groups (broad SMARTS) is 1. The van der Waals surface area contributed by atoms with Crippen molar-refractivity contribution in [2.75, 3.05) is 6.61 Å². The topological polar surface area (TPSA) is 80.7 Å². The Hall–Kier alpha value is -3.13. The Morgan fingerprint density at radius 1 is 1.09 bits per heavy atom. The summed E-state index contributed by atoms with van der Waals surface area (Å²) >= 11 is 7.64. The van der Waals surface area contributed by atoms with Gasteiger partial charge in [-0.2, -0.15) is 0 Å². The van der Waals surface area contributed by atoms with Crippen LogP contribution in [0, 0.1) is 0 Å². The number of aromatic nitrogens is 1. The maximum absolute atomic E-state index is 11.3. The second-order valence-electron chi connectivity index (χ2n) is 8.04. The van der Waals surface area contributed by atoms with Gasteiger partial charge in [-0.05, 0) is 60.5 Å². The highest BCUT2D eigenvalue weighted by molar-refractivity contribution is 7.18. The second kappa shape index (κ2) is 12.0. The fourth-order valence-electron chi connectivity index (χ4n) is 3.62. The zero-order chi connectivity index (χ0) is 24.6. The van der Waals surface area contributed by atoms with E-state index in [4.69, 9.17) is 26.1 Å². The Kier molecular flexibility index (Phi) is 8.58. The zero-order valence-electron chi connectivity index (χ0n) is 19.3. The van der Waals surface area contributed by atoms with Crippen LogP contribution in [0.4, 0.5) is 0 Å². The molecule has 2 atom stereocenters. The minimum atomic E-state index is -0.965. The van der Waals surface area contributed by atoms with Gasteiger partial charge in [0.25, 0.3) is 0 Å². The number of ether oxygens (including phenoxy) is 2. The summed E-state index contributed by atoms with van der Waals surface area (Å²) in [5.74, 6) is 0.347. The molecule has 3 aromatic carbocycles. The van der Waals surface area contributed by atoms with E-state index in [0.29, 0.717) is 30.3 Å². The first kappa shape index (κ1) is 25.0. The van der Waals surface area contributed by atoms with Crippen molar-refractivity contribution in [1.82, 2.24) is 10.3 Å². The summed E-state index contributed by atoms with van der Waals surface area (Å²) < 4.78 is 12.7. The summed E-state index contributed by atoms with van der Waals surface area (Å²) in [6, 6.07) is 22.9. The molecule has 0 saturated carbocycles. The highest BCUT2D eigenvalue weighted by Gasteiger charge is 2.18. The molecule has 0 aliphatic carbocycles. The van der Waals surface area contributed by atoms with Gasteiger partial charge in [0.1, 0.15) is 16.5 Å². The number of nitrogens with one attached hydrogen (secondary N) is 1. The molecule has 0 bridgehead atoms. The number of aliphatic carboxylic acids is 1. The molecule has 8 heteroatoms. The molecule has 0 radical (unpaired) electrons. The molecule has 4 rings (SSSR count). The van der Waals surface area contributed by atoms with Gasteiger partial charge in [0, 0.05) is 18.0 Å². The first-order valence-electron chi connectivity index (χ1n) is 11.5. The van der Waals surface area contributed by atoms with E-state index in [-0.39, 0.29) is 6.04 Å². The Morgan fingerprint density at radius 3 is 2.63 bits per heavy atom. The van der Waals surface area contributed by atoms with E-state index >= 15 is 0 Å². The normalized spacial score (nSPS) is 12.9. The van der Waals surface area contributed by atoms with E-state index in [1.54, 1.807) is 24.3 Å². The van der Waals surface area contributed by atoms with Gasteiger partial charge in [0.05, 0.1) is 22.9 Å². The van der Waals surface area contributed by atoms with Crippen LogP contribution in [0.5, 0.6) is 11.5 Å². The lowest BCUT2D eigenvalue weighted by Crippen LogP contribution is -2.26. The van der Waals surface area contributed by atoms with Crippen LogP contribution in [0.25, 0.3) is 10.2 Å². The SMILES string of the molecule is CCC(Oc1cccc(CNC(CCOc2ccc(Cl)cc2)c2nc3ccccc3s2)c1)C(=O)O. The first-order valence-corrected chi connectivity index (χ1v) is 12.7. The first-order chi connectivity index (χ1) is 17.0. The maximum atomic E-state index is 11.3. The van der Waals surface area contributed by atoms with Crippen LogP contribution in [0.3, 0.4) is 0 Å². The number of para-hydroxylation sites is 1. The minimum Gasteiger partial charge on any atom is -0.494 e. The third kappa shape index (κ3) is 6.94. The number of hydrogen-bond donors (Lipinski definition) is 2. The van der Waals surface area contributed by atoms with Crippen molar-refractivity contribution in [2.24, 2.45) is 0 Å². The van der Waals surface area contributed by atoms with Gasteiger partial charge in [0.2, 0.25) is 0 Å². The van der Waals surface area contributed by atoms with E-state index in [9.17, 15) is 9.90 Å². The molecule has 2 unspecified atom stereocenters. The number of benzene rings is 3. The predicted molar refractivity (Wildman–Crippen MR) is 140 cm³/mol.